The van der Waals surface area contributed by atoms with Gasteiger partial charge in [0.1, 0.15) is 16.2 Å². The minimum Gasteiger partial charge on any atom is -0.393 e. The molecule has 0 aliphatic heterocycles. The fraction of sp³-hybridized carbons (Fsp3) is 0.636. The van der Waals surface area contributed by atoms with Crippen molar-refractivity contribution in [1.82, 2.24) is 9.97 Å². The van der Waals surface area contributed by atoms with Gasteiger partial charge >= 0.3 is 0 Å². The van der Waals surface area contributed by atoms with Crippen molar-refractivity contribution in [2.45, 2.75) is 39.2 Å². The maximum atomic E-state index is 9.14. The molecule has 1 aromatic rings. The third kappa shape index (κ3) is 4.90. The predicted octanol–water partition coefficient (Wildman–Crippen LogP) is 2.37. The van der Waals surface area contributed by atoms with Crippen LogP contribution in [0.15, 0.2) is 10.7 Å². The van der Waals surface area contributed by atoms with Crippen LogP contribution in [0.5, 0.6) is 0 Å². The van der Waals surface area contributed by atoms with Crippen molar-refractivity contribution < 1.29 is 5.11 Å². The van der Waals surface area contributed by atoms with Gasteiger partial charge in [-0.25, -0.2) is 9.97 Å². The summed E-state index contributed by atoms with van der Waals surface area (Å²) >= 11 is 3.36. The van der Waals surface area contributed by atoms with E-state index < -0.39 is 0 Å². The van der Waals surface area contributed by atoms with Crippen LogP contribution in [0.4, 0.5) is 5.82 Å². The molecule has 16 heavy (non-hydrogen) atoms. The van der Waals surface area contributed by atoms with Gasteiger partial charge in [-0.05, 0) is 35.7 Å². The number of nitrogens with one attached hydrogen (secondary N) is 1. The molecule has 0 spiro atoms. The number of hydrogen-bond acceptors (Lipinski definition) is 4. The quantitative estimate of drug-likeness (QED) is 0.789. The minimum atomic E-state index is -0.284. The van der Waals surface area contributed by atoms with Crippen LogP contribution in [0.2, 0.25) is 0 Å². The summed E-state index contributed by atoms with van der Waals surface area (Å²) in [6.07, 6.45) is 2.34. The molecule has 1 heterocycles. The van der Waals surface area contributed by atoms with Crippen LogP contribution in [0.1, 0.15) is 32.5 Å². The van der Waals surface area contributed by atoms with Gasteiger partial charge in [-0.1, -0.05) is 6.92 Å². The lowest BCUT2D eigenvalue weighted by Gasteiger charge is -2.08. The smallest absolute Gasteiger partial charge is 0.132 e. The van der Waals surface area contributed by atoms with E-state index in [-0.39, 0.29) is 6.10 Å². The average Bonchev–Trinajstić information content (AvgIpc) is 2.16. The van der Waals surface area contributed by atoms with Gasteiger partial charge in [0.2, 0.25) is 0 Å². The summed E-state index contributed by atoms with van der Waals surface area (Å²) in [6.45, 7) is 4.59. The Morgan fingerprint density at radius 1 is 1.50 bits per heavy atom. The number of aromatic nitrogens is 2. The summed E-state index contributed by atoms with van der Waals surface area (Å²) in [7, 11) is 0. The normalized spacial score (nSPS) is 12.5. The first-order valence-corrected chi connectivity index (χ1v) is 6.36. The molecule has 0 saturated carbocycles. The number of rotatable bonds is 6. The monoisotopic (exact) mass is 287 g/mol. The Morgan fingerprint density at radius 3 is 2.88 bits per heavy atom. The molecule has 5 heteroatoms. The standard InChI is InChI=1S/C11H18BrN3O/c1-3-4-10-14-9(12)7-11(15-10)13-6-5-8(2)16/h7-8,16H,3-6H2,1-2H3,(H,13,14,15). The van der Waals surface area contributed by atoms with Crippen LogP contribution in [-0.4, -0.2) is 27.7 Å². The van der Waals surface area contributed by atoms with E-state index >= 15 is 0 Å². The van der Waals surface area contributed by atoms with Gasteiger partial charge in [0.15, 0.2) is 0 Å². The molecule has 0 amide bonds. The van der Waals surface area contributed by atoms with Gasteiger partial charge < -0.3 is 10.4 Å². The molecule has 2 N–H and O–H groups in total. The Labute approximate surface area is 105 Å². The first kappa shape index (κ1) is 13.4. The van der Waals surface area contributed by atoms with E-state index in [4.69, 9.17) is 5.11 Å². The van der Waals surface area contributed by atoms with Crippen molar-refractivity contribution in [3.05, 3.63) is 16.5 Å². The Kier molecular flexibility index (Phi) is 5.69. The van der Waals surface area contributed by atoms with Gasteiger partial charge in [0.05, 0.1) is 6.10 Å². The zero-order valence-corrected chi connectivity index (χ0v) is 11.3. The Balaban J connectivity index is 2.58. The van der Waals surface area contributed by atoms with Crippen LogP contribution in [0.3, 0.4) is 0 Å². The third-order valence-electron chi connectivity index (χ3n) is 2.08. The van der Waals surface area contributed by atoms with Crippen LogP contribution in [-0.2, 0) is 6.42 Å². The predicted molar refractivity (Wildman–Crippen MR) is 68.5 cm³/mol. The highest BCUT2D eigenvalue weighted by atomic mass is 79.9. The summed E-state index contributed by atoms with van der Waals surface area (Å²) in [5.41, 5.74) is 0. The van der Waals surface area contributed by atoms with Crippen LogP contribution >= 0.6 is 15.9 Å². The van der Waals surface area contributed by atoms with E-state index in [1.807, 2.05) is 6.07 Å². The van der Waals surface area contributed by atoms with Crippen LogP contribution in [0.25, 0.3) is 0 Å². The van der Waals surface area contributed by atoms with E-state index in [2.05, 4.69) is 38.1 Å². The van der Waals surface area contributed by atoms with Gasteiger partial charge in [0.25, 0.3) is 0 Å². The van der Waals surface area contributed by atoms with Crippen molar-refractivity contribution in [3.8, 4) is 0 Å². The maximum absolute atomic E-state index is 9.14. The van der Waals surface area contributed by atoms with Crippen molar-refractivity contribution in [2.24, 2.45) is 0 Å². The molecule has 0 radical (unpaired) electrons. The number of aliphatic hydroxyl groups is 1. The first-order chi connectivity index (χ1) is 7.61. The van der Waals surface area contributed by atoms with Crippen molar-refractivity contribution >= 4 is 21.7 Å². The van der Waals surface area contributed by atoms with Crippen molar-refractivity contribution in [2.75, 3.05) is 11.9 Å². The molecule has 1 atom stereocenters. The summed E-state index contributed by atoms with van der Waals surface area (Å²) in [5, 5.41) is 12.3. The Hall–Kier alpha value is -0.680. The molecule has 4 nitrogen and oxygen atoms in total. The molecular weight excluding hydrogens is 270 g/mol. The van der Waals surface area contributed by atoms with E-state index in [0.29, 0.717) is 13.0 Å². The van der Waals surface area contributed by atoms with Crippen molar-refractivity contribution in [3.63, 3.8) is 0 Å². The molecule has 0 bridgehead atoms. The molecule has 1 aromatic heterocycles. The number of hydrogen-bond donors (Lipinski definition) is 2. The van der Waals surface area contributed by atoms with Gasteiger partial charge in [-0.15, -0.1) is 0 Å². The highest BCUT2D eigenvalue weighted by Gasteiger charge is 2.02. The summed E-state index contributed by atoms with van der Waals surface area (Å²) < 4.78 is 0.797. The fourth-order valence-corrected chi connectivity index (χ4v) is 1.72. The highest BCUT2D eigenvalue weighted by Crippen LogP contribution is 2.13. The van der Waals surface area contributed by atoms with E-state index in [0.717, 1.165) is 29.1 Å². The summed E-state index contributed by atoms with van der Waals surface area (Å²) in [6, 6.07) is 1.85. The number of aliphatic hydroxyl groups excluding tert-OH is 1. The Bertz CT molecular complexity index is 331. The van der Waals surface area contributed by atoms with Gasteiger partial charge in [-0.2, -0.15) is 0 Å². The second-order valence-corrected chi connectivity index (χ2v) is 4.62. The van der Waals surface area contributed by atoms with Crippen LogP contribution < -0.4 is 5.32 Å². The van der Waals surface area contributed by atoms with Crippen molar-refractivity contribution in [1.29, 1.82) is 0 Å². The molecule has 1 unspecified atom stereocenters. The number of anilines is 1. The number of aryl methyl sites for hydroxylation is 1. The topological polar surface area (TPSA) is 58.0 Å². The van der Waals surface area contributed by atoms with Gasteiger partial charge in [0, 0.05) is 19.0 Å². The second-order valence-electron chi connectivity index (χ2n) is 3.81. The van der Waals surface area contributed by atoms with Gasteiger partial charge in [-0.3, -0.25) is 0 Å². The molecular formula is C11H18BrN3O. The van der Waals surface area contributed by atoms with E-state index in [1.165, 1.54) is 0 Å². The number of halogens is 1. The first-order valence-electron chi connectivity index (χ1n) is 5.57. The highest BCUT2D eigenvalue weighted by molar-refractivity contribution is 9.10. The minimum absolute atomic E-state index is 0.284. The zero-order valence-electron chi connectivity index (χ0n) is 9.70. The lowest BCUT2D eigenvalue weighted by molar-refractivity contribution is 0.188. The van der Waals surface area contributed by atoms with E-state index in [1.54, 1.807) is 6.92 Å². The molecule has 0 aliphatic rings. The lowest BCUT2D eigenvalue weighted by atomic mass is 10.3. The lowest BCUT2D eigenvalue weighted by Crippen LogP contribution is -2.11. The van der Waals surface area contributed by atoms with E-state index in [9.17, 15) is 0 Å². The number of nitrogens with zero attached hydrogens (tertiary/aromatic N) is 2. The van der Waals surface area contributed by atoms with Crippen LogP contribution in [0, 0.1) is 0 Å². The molecule has 0 fully saturated rings. The maximum Gasteiger partial charge on any atom is 0.132 e. The second kappa shape index (κ2) is 6.81. The fourth-order valence-electron chi connectivity index (χ4n) is 1.30. The molecule has 90 valence electrons. The molecule has 0 aromatic carbocycles. The third-order valence-corrected chi connectivity index (χ3v) is 2.49. The molecule has 0 saturated heterocycles. The zero-order chi connectivity index (χ0) is 12.0. The largest absolute Gasteiger partial charge is 0.393 e. The Morgan fingerprint density at radius 2 is 2.25 bits per heavy atom. The summed E-state index contributed by atoms with van der Waals surface area (Å²) in [4.78, 5) is 8.67. The summed E-state index contributed by atoms with van der Waals surface area (Å²) in [5.74, 6) is 1.65. The molecule has 0 aliphatic carbocycles. The average molecular weight is 288 g/mol. The molecule has 1 rings (SSSR count). The SMILES string of the molecule is CCCc1nc(Br)cc(NCCC(C)O)n1.